The van der Waals surface area contributed by atoms with Gasteiger partial charge >= 0.3 is 5.97 Å². The Balaban J connectivity index is 1.82. The summed E-state index contributed by atoms with van der Waals surface area (Å²) in [6.07, 6.45) is 7.21. The number of esters is 1. The second-order valence-corrected chi connectivity index (χ2v) is 7.80. The van der Waals surface area contributed by atoms with Gasteiger partial charge in [-0.1, -0.05) is 49.8 Å². The molecule has 7 nitrogen and oxygen atoms in total. The van der Waals surface area contributed by atoms with Gasteiger partial charge < -0.3 is 10.1 Å². The molecule has 1 aromatic heterocycles. The first kappa shape index (κ1) is 21.7. The van der Waals surface area contributed by atoms with Gasteiger partial charge in [0.2, 0.25) is 5.91 Å². The van der Waals surface area contributed by atoms with Crippen LogP contribution < -0.4 is 10.9 Å². The predicted octanol–water partition coefficient (Wildman–Crippen LogP) is 4.02. The number of ether oxygens (including phenoxy) is 1. The van der Waals surface area contributed by atoms with Gasteiger partial charge in [0.1, 0.15) is 0 Å². The number of amides is 1. The van der Waals surface area contributed by atoms with E-state index in [1.807, 2.05) is 19.1 Å². The summed E-state index contributed by atoms with van der Waals surface area (Å²) in [6, 6.07) is 8.45. The monoisotopic (exact) mass is 411 g/mol. The molecule has 160 valence electrons. The molecule has 1 amide bonds. The molecular weight excluding hydrogens is 382 g/mol. The molecule has 0 atom stereocenters. The summed E-state index contributed by atoms with van der Waals surface area (Å²) in [5, 5.41) is 6.91. The predicted molar refractivity (Wildman–Crippen MR) is 115 cm³/mol. The van der Waals surface area contributed by atoms with Crippen LogP contribution >= 0.6 is 0 Å². The number of hydrogen-bond acceptors (Lipinski definition) is 5. The zero-order chi connectivity index (χ0) is 21.5. The summed E-state index contributed by atoms with van der Waals surface area (Å²) in [5.41, 5.74) is 1.15. The zero-order valence-corrected chi connectivity index (χ0v) is 17.6. The normalized spacial score (nSPS) is 14.3. The highest BCUT2D eigenvalue weighted by Gasteiger charge is 2.21. The van der Waals surface area contributed by atoms with Gasteiger partial charge in [-0.15, -0.1) is 0 Å². The average Bonchev–Trinajstić information content (AvgIpc) is 2.74. The standard InChI is InChI=1S/C23H29N3O4/c1-3-30-23(29)22-19(24-20(27)14-11-17-7-5-4-6-8-17)15-21(28)26(25-22)18-12-9-16(2)10-13-18/h9-10,12-13,15,17H,3-8,11,14H2,1-2H3,(H,24,27). The smallest absolute Gasteiger partial charge is 0.360 e. The van der Waals surface area contributed by atoms with Crippen LogP contribution in [0.5, 0.6) is 0 Å². The molecule has 2 aromatic rings. The molecule has 0 spiro atoms. The van der Waals surface area contributed by atoms with Crippen molar-refractivity contribution in [2.24, 2.45) is 5.92 Å². The molecule has 0 saturated heterocycles. The number of aromatic nitrogens is 2. The fourth-order valence-electron chi connectivity index (χ4n) is 3.80. The molecule has 0 aliphatic heterocycles. The second kappa shape index (κ2) is 10.2. The van der Waals surface area contributed by atoms with Crippen LogP contribution in [0.1, 0.15) is 67.9 Å². The molecule has 30 heavy (non-hydrogen) atoms. The number of benzene rings is 1. The molecule has 1 fully saturated rings. The molecule has 0 radical (unpaired) electrons. The first-order valence-corrected chi connectivity index (χ1v) is 10.7. The summed E-state index contributed by atoms with van der Waals surface area (Å²) in [7, 11) is 0. The van der Waals surface area contributed by atoms with E-state index in [0.717, 1.165) is 29.5 Å². The summed E-state index contributed by atoms with van der Waals surface area (Å²) < 4.78 is 6.23. The lowest BCUT2D eigenvalue weighted by Gasteiger charge is -2.21. The van der Waals surface area contributed by atoms with Crippen LogP contribution in [0.15, 0.2) is 35.1 Å². The maximum atomic E-state index is 12.6. The first-order valence-electron chi connectivity index (χ1n) is 10.7. The Morgan fingerprint density at radius 1 is 1.17 bits per heavy atom. The Hall–Kier alpha value is -2.96. The number of rotatable bonds is 7. The Bertz CT molecular complexity index is 944. The molecule has 1 aliphatic carbocycles. The summed E-state index contributed by atoms with van der Waals surface area (Å²) in [6.45, 7) is 3.80. The van der Waals surface area contributed by atoms with Crippen molar-refractivity contribution in [2.45, 2.75) is 58.8 Å². The molecule has 1 N–H and O–H groups in total. The molecule has 7 heteroatoms. The molecule has 0 unspecified atom stereocenters. The van der Waals surface area contributed by atoms with Gasteiger partial charge in [0.25, 0.3) is 5.56 Å². The van der Waals surface area contributed by atoms with E-state index in [9.17, 15) is 14.4 Å². The number of aryl methyl sites for hydroxylation is 1. The quantitative estimate of drug-likeness (QED) is 0.695. The topological polar surface area (TPSA) is 90.3 Å². The highest BCUT2D eigenvalue weighted by Crippen LogP contribution is 2.27. The number of nitrogens with one attached hydrogen (secondary N) is 1. The largest absolute Gasteiger partial charge is 0.461 e. The lowest BCUT2D eigenvalue weighted by atomic mass is 9.86. The lowest BCUT2D eigenvalue weighted by molar-refractivity contribution is -0.116. The maximum absolute atomic E-state index is 12.6. The third-order valence-corrected chi connectivity index (χ3v) is 5.46. The third-order valence-electron chi connectivity index (χ3n) is 5.46. The van der Waals surface area contributed by atoms with Crippen LogP contribution in [-0.4, -0.2) is 28.3 Å². The third kappa shape index (κ3) is 5.55. The van der Waals surface area contributed by atoms with Crippen LogP contribution in [0.25, 0.3) is 5.69 Å². The van der Waals surface area contributed by atoms with E-state index < -0.39 is 11.5 Å². The summed E-state index contributed by atoms with van der Waals surface area (Å²) >= 11 is 0. The average molecular weight is 412 g/mol. The van der Waals surface area contributed by atoms with Crippen molar-refractivity contribution in [3.8, 4) is 5.69 Å². The zero-order valence-electron chi connectivity index (χ0n) is 17.6. The van der Waals surface area contributed by atoms with Gasteiger partial charge in [0.15, 0.2) is 5.69 Å². The minimum atomic E-state index is -0.680. The highest BCUT2D eigenvalue weighted by atomic mass is 16.5. The van der Waals surface area contributed by atoms with E-state index in [4.69, 9.17) is 4.74 Å². The Morgan fingerprint density at radius 2 is 1.87 bits per heavy atom. The van der Waals surface area contributed by atoms with Gasteiger partial charge in [0.05, 0.1) is 18.0 Å². The summed E-state index contributed by atoms with van der Waals surface area (Å²) in [5.74, 6) is -0.331. The van der Waals surface area contributed by atoms with Gasteiger partial charge in [-0.05, 0) is 38.3 Å². The van der Waals surface area contributed by atoms with E-state index in [2.05, 4.69) is 10.4 Å². The minimum Gasteiger partial charge on any atom is -0.461 e. The SMILES string of the molecule is CCOC(=O)c1nn(-c2ccc(C)cc2)c(=O)cc1NC(=O)CCC1CCCCC1. The number of carbonyl (C=O) groups is 2. The summed E-state index contributed by atoms with van der Waals surface area (Å²) in [4.78, 5) is 37.6. The fourth-order valence-corrected chi connectivity index (χ4v) is 3.80. The number of carbonyl (C=O) groups excluding carboxylic acids is 2. The number of nitrogens with zero attached hydrogens (tertiary/aromatic N) is 2. The van der Waals surface area contributed by atoms with E-state index in [-0.39, 0.29) is 23.9 Å². The lowest BCUT2D eigenvalue weighted by Crippen LogP contribution is -2.27. The van der Waals surface area contributed by atoms with Crippen molar-refractivity contribution in [2.75, 3.05) is 11.9 Å². The van der Waals surface area contributed by atoms with Crippen molar-refractivity contribution >= 4 is 17.6 Å². The van der Waals surface area contributed by atoms with Crippen LogP contribution in [0.4, 0.5) is 5.69 Å². The Morgan fingerprint density at radius 3 is 2.53 bits per heavy atom. The first-order chi connectivity index (χ1) is 14.5. The van der Waals surface area contributed by atoms with Crippen LogP contribution in [0.3, 0.4) is 0 Å². The van der Waals surface area contributed by atoms with Crippen molar-refractivity contribution in [3.63, 3.8) is 0 Å². The minimum absolute atomic E-state index is 0.0805. The van der Waals surface area contributed by atoms with E-state index in [0.29, 0.717) is 18.0 Å². The van der Waals surface area contributed by atoms with Crippen LogP contribution in [-0.2, 0) is 9.53 Å². The van der Waals surface area contributed by atoms with Crippen LogP contribution in [0, 0.1) is 12.8 Å². The fraction of sp³-hybridized carbons (Fsp3) is 0.478. The van der Waals surface area contributed by atoms with Gasteiger partial charge in [-0.3, -0.25) is 9.59 Å². The van der Waals surface area contributed by atoms with Gasteiger partial charge in [-0.25, -0.2) is 4.79 Å². The van der Waals surface area contributed by atoms with E-state index in [1.165, 1.54) is 25.3 Å². The van der Waals surface area contributed by atoms with Crippen molar-refractivity contribution in [1.29, 1.82) is 0 Å². The van der Waals surface area contributed by atoms with Gasteiger partial charge in [-0.2, -0.15) is 9.78 Å². The maximum Gasteiger partial charge on any atom is 0.360 e. The molecule has 1 heterocycles. The Kier molecular flexibility index (Phi) is 7.38. The number of anilines is 1. The molecular formula is C23H29N3O4. The second-order valence-electron chi connectivity index (χ2n) is 7.80. The Labute approximate surface area is 176 Å². The van der Waals surface area contributed by atoms with Crippen molar-refractivity contribution in [3.05, 3.63) is 51.9 Å². The van der Waals surface area contributed by atoms with Crippen molar-refractivity contribution < 1.29 is 14.3 Å². The number of hydrogen-bond donors (Lipinski definition) is 1. The highest BCUT2D eigenvalue weighted by molar-refractivity contribution is 5.99. The van der Waals surface area contributed by atoms with Gasteiger partial charge in [0, 0.05) is 12.5 Å². The molecule has 3 rings (SSSR count). The molecule has 1 aliphatic rings. The molecule has 0 bridgehead atoms. The van der Waals surface area contributed by atoms with Crippen molar-refractivity contribution in [1.82, 2.24) is 9.78 Å². The molecule has 1 aromatic carbocycles. The van der Waals surface area contributed by atoms with E-state index in [1.54, 1.807) is 19.1 Å². The van der Waals surface area contributed by atoms with E-state index >= 15 is 0 Å². The van der Waals surface area contributed by atoms with Crippen LogP contribution in [0.2, 0.25) is 0 Å². The molecule has 1 saturated carbocycles.